The molecule has 2 aliphatic rings. The molecule has 2 fully saturated rings. The molecule has 2 aromatic rings. The Labute approximate surface area is 172 Å². The molecule has 8 nitrogen and oxygen atoms in total. The highest BCUT2D eigenvalue weighted by Gasteiger charge is 2.31. The van der Waals surface area contributed by atoms with E-state index in [1.54, 1.807) is 15.5 Å². The Morgan fingerprint density at radius 1 is 1.23 bits per heavy atom. The van der Waals surface area contributed by atoms with E-state index < -0.39 is 17.2 Å². The van der Waals surface area contributed by atoms with Gasteiger partial charge in [0.05, 0.1) is 11.2 Å². The van der Waals surface area contributed by atoms with Crippen LogP contribution in [0.1, 0.15) is 30.1 Å². The maximum Gasteiger partial charge on any atom is 0.341 e. The predicted octanol–water partition coefficient (Wildman–Crippen LogP) is 1.69. The second kappa shape index (κ2) is 8.06. The molecule has 160 valence electrons. The Kier molecular flexibility index (Phi) is 5.46. The van der Waals surface area contributed by atoms with E-state index in [9.17, 15) is 23.9 Å². The number of carbonyl (C=O) groups is 2. The van der Waals surface area contributed by atoms with Crippen molar-refractivity contribution in [3.8, 4) is 0 Å². The lowest BCUT2D eigenvalue weighted by Gasteiger charge is -2.37. The number of aromatic carboxylic acids is 1. The van der Waals surface area contributed by atoms with Gasteiger partial charge >= 0.3 is 5.97 Å². The van der Waals surface area contributed by atoms with E-state index in [0.29, 0.717) is 50.5 Å². The van der Waals surface area contributed by atoms with Crippen LogP contribution in [-0.2, 0) is 16.1 Å². The SMILES string of the molecule is CCn1cc(C(=O)O)c(=O)c2cc(F)c(N3CCN(C(=O)[C@@H]4CCCO4)CC3)cc21. The van der Waals surface area contributed by atoms with Gasteiger partial charge in [0.25, 0.3) is 5.91 Å². The van der Waals surface area contributed by atoms with Crippen LogP contribution >= 0.6 is 0 Å². The van der Waals surface area contributed by atoms with Crippen LogP contribution < -0.4 is 10.3 Å². The minimum atomic E-state index is -1.33. The molecule has 3 heterocycles. The summed E-state index contributed by atoms with van der Waals surface area (Å²) >= 11 is 0. The first-order valence-electron chi connectivity index (χ1n) is 10.2. The minimum Gasteiger partial charge on any atom is -0.477 e. The van der Waals surface area contributed by atoms with Crippen LogP contribution in [0.4, 0.5) is 10.1 Å². The average molecular weight is 417 g/mol. The fraction of sp³-hybridized carbons (Fsp3) is 0.476. The van der Waals surface area contributed by atoms with Crippen molar-refractivity contribution in [2.75, 3.05) is 37.7 Å². The zero-order chi connectivity index (χ0) is 21.4. The van der Waals surface area contributed by atoms with Crippen molar-refractivity contribution < 1.29 is 23.8 Å². The summed E-state index contributed by atoms with van der Waals surface area (Å²) in [6, 6.07) is 2.72. The van der Waals surface area contributed by atoms with Crippen LogP contribution in [-0.4, -0.2) is 65.3 Å². The quantitative estimate of drug-likeness (QED) is 0.814. The number of anilines is 1. The molecule has 1 aromatic carbocycles. The van der Waals surface area contributed by atoms with E-state index in [1.165, 1.54) is 6.20 Å². The van der Waals surface area contributed by atoms with Crippen molar-refractivity contribution in [3.63, 3.8) is 0 Å². The van der Waals surface area contributed by atoms with Gasteiger partial charge in [-0.25, -0.2) is 9.18 Å². The normalized spacial score (nSPS) is 19.5. The highest BCUT2D eigenvalue weighted by atomic mass is 19.1. The van der Waals surface area contributed by atoms with Crippen LogP contribution in [0.15, 0.2) is 23.1 Å². The van der Waals surface area contributed by atoms with E-state index >= 15 is 0 Å². The van der Waals surface area contributed by atoms with Crippen molar-refractivity contribution in [3.05, 3.63) is 39.9 Å². The van der Waals surface area contributed by atoms with E-state index in [1.807, 2.05) is 11.8 Å². The van der Waals surface area contributed by atoms with Gasteiger partial charge in [-0.2, -0.15) is 0 Å². The summed E-state index contributed by atoms with van der Waals surface area (Å²) < 4.78 is 22.0. The Bertz CT molecular complexity index is 1050. The van der Waals surface area contributed by atoms with Crippen molar-refractivity contribution in [1.82, 2.24) is 9.47 Å². The van der Waals surface area contributed by atoms with Crippen LogP contribution in [0.2, 0.25) is 0 Å². The molecule has 9 heteroatoms. The fourth-order valence-corrected chi connectivity index (χ4v) is 4.20. The number of benzene rings is 1. The molecule has 0 spiro atoms. The number of amides is 1. The molecule has 4 rings (SSSR count). The number of hydrogen-bond donors (Lipinski definition) is 1. The zero-order valence-corrected chi connectivity index (χ0v) is 16.8. The molecule has 0 unspecified atom stereocenters. The second-order valence-corrected chi connectivity index (χ2v) is 7.60. The summed E-state index contributed by atoms with van der Waals surface area (Å²) in [6.45, 7) is 4.74. The summed E-state index contributed by atoms with van der Waals surface area (Å²) in [6.07, 6.45) is 2.57. The summed E-state index contributed by atoms with van der Waals surface area (Å²) in [7, 11) is 0. The van der Waals surface area contributed by atoms with Crippen molar-refractivity contribution in [2.45, 2.75) is 32.4 Å². The molecule has 1 amide bonds. The van der Waals surface area contributed by atoms with E-state index in [-0.39, 0.29) is 23.0 Å². The Morgan fingerprint density at radius 3 is 2.57 bits per heavy atom. The summed E-state index contributed by atoms with van der Waals surface area (Å²) in [5.74, 6) is -1.92. The van der Waals surface area contributed by atoms with Gasteiger partial charge < -0.3 is 24.2 Å². The largest absolute Gasteiger partial charge is 0.477 e. The highest BCUT2D eigenvalue weighted by molar-refractivity contribution is 5.93. The third-order valence-corrected chi connectivity index (χ3v) is 5.86. The number of nitrogens with zero attached hydrogens (tertiary/aromatic N) is 3. The molecule has 2 saturated heterocycles. The molecule has 0 bridgehead atoms. The second-order valence-electron chi connectivity index (χ2n) is 7.60. The van der Waals surface area contributed by atoms with E-state index in [4.69, 9.17) is 4.74 Å². The first-order valence-corrected chi connectivity index (χ1v) is 10.2. The van der Waals surface area contributed by atoms with Gasteiger partial charge in [0.15, 0.2) is 0 Å². The third kappa shape index (κ3) is 3.54. The lowest BCUT2D eigenvalue weighted by atomic mass is 10.1. The van der Waals surface area contributed by atoms with Crippen LogP contribution in [0.5, 0.6) is 0 Å². The van der Waals surface area contributed by atoms with Gasteiger partial charge in [-0.3, -0.25) is 9.59 Å². The van der Waals surface area contributed by atoms with Crippen molar-refractivity contribution in [2.24, 2.45) is 0 Å². The zero-order valence-electron chi connectivity index (χ0n) is 16.8. The standard InChI is InChI=1S/C21H24FN3O5/c1-2-23-12-14(21(28)29)19(26)13-10-15(22)17(11-16(13)23)24-5-7-25(8-6-24)20(27)18-4-3-9-30-18/h10-12,18H,2-9H2,1H3,(H,28,29)/t18-/m0/s1. The van der Waals surface area contributed by atoms with Gasteiger partial charge in [-0.05, 0) is 31.9 Å². The topological polar surface area (TPSA) is 92.1 Å². The monoisotopic (exact) mass is 417 g/mol. The number of pyridine rings is 1. The Morgan fingerprint density at radius 2 is 1.97 bits per heavy atom. The van der Waals surface area contributed by atoms with Gasteiger partial charge in [-0.1, -0.05) is 0 Å². The number of carboxylic acids is 1. The number of carbonyl (C=O) groups excluding carboxylic acids is 1. The van der Waals surface area contributed by atoms with Gasteiger partial charge in [0.2, 0.25) is 5.43 Å². The van der Waals surface area contributed by atoms with Crippen LogP contribution in [0.3, 0.4) is 0 Å². The molecule has 0 aliphatic carbocycles. The molecule has 30 heavy (non-hydrogen) atoms. The molecule has 2 aliphatic heterocycles. The molecular formula is C21H24FN3O5. The molecule has 0 radical (unpaired) electrons. The molecule has 0 saturated carbocycles. The minimum absolute atomic E-state index is 0.00726. The van der Waals surface area contributed by atoms with Gasteiger partial charge in [-0.15, -0.1) is 0 Å². The summed E-state index contributed by atoms with van der Waals surface area (Å²) in [5, 5.41) is 9.31. The lowest BCUT2D eigenvalue weighted by Crippen LogP contribution is -2.51. The predicted molar refractivity (Wildman–Crippen MR) is 109 cm³/mol. The van der Waals surface area contributed by atoms with E-state index in [0.717, 1.165) is 18.9 Å². The number of aryl methyl sites for hydroxylation is 1. The smallest absolute Gasteiger partial charge is 0.341 e. The number of aromatic nitrogens is 1. The van der Waals surface area contributed by atoms with E-state index in [2.05, 4.69) is 0 Å². The maximum atomic E-state index is 14.9. The number of rotatable bonds is 4. The maximum absolute atomic E-state index is 14.9. The first kappa shape index (κ1) is 20.3. The number of halogens is 1. The lowest BCUT2D eigenvalue weighted by molar-refractivity contribution is -0.141. The van der Waals surface area contributed by atoms with Crippen LogP contribution in [0.25, 0.3) is 10.9 Å². The third-order valence-electron chi connectivity index (χ3n) is 5.86. The van der Waals surface area contributed by atoms with Gasteiger partial charge in [0.1, 0.15) is 17.5 Å². The van der Waals surface area contributed by atoms with Crippen LogP contribution in [0, 0.1) is 5.82 Å². The number of carboxylic acid groups (broad SMARTS) is 1. The fourth-order valence-electron chi connectivity index (χ4n) is 4.20. The first-order chi connectivity index (χ1) is 14.4. The Balaban J connectivity index is 1.61. The number of hydrogen-bond acceptors (Lipinski definition) is 5. The number of ether oxygens (including phenoxy) is 1. The summed E-state index contributed by atoms with van der Waals surface area (Å²) in [4.78, 5) is 40.0. The molecule has 1 N–H and O–H groups in total. The molecular weight excluding hydrogens is 393 g/mol. The van der Waals surface area contributed by atoms with Crippen molar-refractivity contribution in [1.29, 1.82) is 0 Å². The summed E-state index contributed by atoms with van der Waals surface area (Å²) in [5.41, 5.74) is -0.240. The average Bonchev–Trinajstić information content (AvgIpc) is 3.28. The highest BCUT2D eigenvalue weighted by Crippen LogP contribution is 2.27. The number of fused-ring (bicyclic) bond motifs is 1. The van der Waals surface area contributed by atoms with Crippen molar-refractivity contribution >= 4 is 28.5 Å². The van der Waals surface area contributed by atoms with Gasteiger partial charge in [0, 0.05) is 50.9 Å². The number of piperazine rings is 1. The Hall–Kier alpha value is -2.94. The molecule has 1 aromatic heterocycles. The molecule has 1 atom stereocenters.